The van der Waals surface area contributed by atoms with Crippen LogP contribution in [0.3, 0.4) is 0 Å². The van der Waals surface area contributed by atoms with Crippen molar-refractivity contribution in [2.75, 3.05) is 38.3 Å². The van der Waals surface area contributed by atoms with E-state index < -0.39 is 0 Å². The summed E-state index contributed by atoms with van der Waals surface area (Å²) in [5.74, 6) is -0.170. The Morgan fingerprint density at radius 1 is 1.39 bits per heavy atom. The summed E-state index contributed by atoms with van der Waals surface area (Å²) >= 11 is 0. The maximum Gasteiger partial charge on any atom is 0.163 e. The first-order valence-corrected chi connectivity index (χ1v) is 5.80. The number of hydrogen-bond donors (Lipinski definition) is 2. The number of hydrogen-bond acceptors (Lipinski definition) is 5. The number of carbonyl (C=O) groups is 1. The molecule has 0 aliphatic heterocycles. The van der Waals surface area contributed by atoms with Crippen LogP contribution in [0.15, 0.2) is 18.2 Å². The highest BCUT2D eigenvalue weighted by Crippen LogP contribution is 2.24. The minimum atomic E-state index is -0.159. The third kappa shape index (κ3) is 4.01. The van der Waals surface area contributed by atoms with Gasteiger partial charge in [-0.15, -0.1) is 0 Å². The number of benzene rings is 1. The molecule has 1 aromatic carbocycles. The van der Waals surface area contributed by atoms with E-state index >= 15 is 0 Å². The van der Waals surface area contributed by atoms with Crippen LogP contribution in [0.5, 0.6) is 5.75 Å². The van der Waals surface area contributed by atoms with Gasteiger partial charge in [-0.3, -0.25) is 4.79 Å². The molecule has 0 unspecified atom stereocenters. The van der Waals surface area contributed by atoms with E-state index in [-0.39, 0.29) is 18.1 Å². The molecule has 0 aliphatic carbocycles. The van der Waals surface area contributed by atoms with Crippen LogP contribution in [0, 0.1) is 0 Å². The zero-order valence-electron chi connectivity index (χ0n) is 10.7. The predicted octanol–water partition coefficient (Wildman–Crippen LogP) is 1.04. The highest BCUT2D eigenvalue weighted by atomic mass is 16.5. The quantitative estimate of drug-likeness (QED) is 0.561. The minimum Gasteiger partial charge on any atom is -0.507 e. The number of ether oxygens (including phenoxy) is 1. The lowest BCUT2D eigenvalue weighted by molar-refractivity contribution is 0.0971. The van der Waals surface area contributed by atoms with Crippen LogP contribution in [-0.4, -0.2) is 49.4 Å². The van der Waals surface area contributed by atoms with Gasteiger partial charge in [0.25, 0.3) is 0 Å². The number of aromatic hydroxyl groups is 1. The third-order valence-corrected chi connectivity index (χ3v) is 2.61. The van der Waals surface area contributed by atoms with E-state index in [4.69, 9.17) is 9.84 Å². The van der Waals surface area contributed by atoms with E-state index in [0.717, 1.165) is 5.69 Å². The first-order valence-electron chi connectivity index (χ1n) is 5.80. The lowest BCUT2D eigenvalue weighted by atomic mass is 10.1. The first kappa shape index (κ1) is 14.5. The van der Waals surface area contributed by atoms with Gasteiger partial charge < -0.3 is 19.8 Å². The molecule has 2 N–H and O–H groups in total. The van der Waals surface area contributed by atoms with Gasteiger partial charge in [-0.25, -0.2) is 0 Å². The Hall–Kier alpha value is -1.59. The van der Waals surface area contributed by atoms with Gasteiger partial charge >= 0.3 is 0 Å². The van der Waals surface area contributed by atoms with Gasteiger partial charge in [0, 0.05) is 25.3 Å². The smallest absolute Gasteiger partial charge is 0.163 e. The zero-order valence-corrected chi connectivity index (χ0v) is 10.7. The van der Waals surface area contributed by atoms with Gasteiger partial charge in [-0.05, 0) is 19.1 Å². The van der Waals surface area contributed by atoms with Crippen LogP contribution in [-0.2, 0) is 4.74 Å². The van der Waals surface area contributed by atoms with E-state index in [1.165, 1.54) is 6.92 Å². The van der Waals surface area contributed by atoms with Gasteiger partial charge in [0.05, 0.1) is 25.4 Å². The molecule has 0 spiro atoms. The topological polar surface area (TPSA) is 70.0 Å². The standard InChI is InChI=1S/C13H19NO4/c1-10(16)12-4-3-11(9-13(12)17)14(2)5-7-18-8-6-15/h3-4,9,15,17H,5-8H2,1-2H3. The van der Waals surface area contributed by atoms with E-state index in [2.05, 4.69) is 0 Å². The number of nitrogens with zero attached hydrogens (tertiary/aromatic N) is 1. The Balaban J connectivity index is 2.61. The first-order chi connectivity index (χ1) is 8.56. The number of rotatable bonds is 7. The van der Waals surface area contributed by atoms with Crippen LogP contribution in [0.1, 0.15) is 17.3 Å². The number of carbonyl (C=O) groups excluding carboxylic acids is 1. The Morgan fingerprint density at radius 3 is 2.67 bits per heavy atom. The highest BCUT2D eigenvalue weighted by molar-refractivity contribution is 5.97. The van der Waals surface area contributed by atoms with E-state index in [1.54, 1.807) is 18.2 Å². The Labute approximate surface area is 107 Å². The van der Waals surface area contributed by atoms with Gasteiger partial charge in [-0.1, -0.05) is 0 Å². The normalized spacial score (nSPS) is 10.4. The Morgan fingerprint density at radius 2 is 2.11 bits per heavy atom. The summed E-state index contributed by atoms with van der Waals surface area (Å²) in [7, 11) is 1.87. The van der Waals surface area contributed by atoms with Crippen molar-refractivity contribution in [1.29, 1.82) is 0 Å². The molecule has 100 valence electrons. The van der Waals surface area contributed by atoms with Crippen molar-refractivity contribution in [2.24, 2.45) is 0 Å². The molecule has 5 nitrogen and oxygen atoms in total. The van der Waals surface area contributed by atoms with Crippen LogP contribution < -0.4 is 4.90 Å². The summed E-state index contributed by atoms with van der Waals surface area (Å²) in [5, 5.41) is 18.3. The molecule has 0 bridgehead atoms. The predicted molar refractivity (Wildman–Crippen MR) is 69.3 cm³/mol. The Bertz CT molecular complexity index is 406. The average molecular weight is 253 g/mol. The van der Waals surface area contributed by atoms with Crippen molar-refractivity contribution >= 4 is 11.5 Å². The molecule has 1 rings (SSSR count). The van der Waals surface area contributed by atoms with Crippen LogP contribution in [0.2, 0.25) is 0 Å². The zero-order chi connectivity index (χ0) is 13.5. The molecule has 1 aromatic rings. The van der Waals surface area contributed by atoms with Crippen molar-refractivity contribution in [3.8, 4) is 5.75 Å². The molecule has 0 atom stereocenters. The van der Waals surface area contributed by atoms with Gasteiger partial charge in [0.15, 0.2) is 5.78 Å². The summed E-state index contributed by atoms with van der Waals surface area (Å²) < 4.78 is 5.16. The monoisotopic (exact) mass is 253 g/mol. The summed E-state index contributed by atoms with van der Waals surface area (Å²) in [5.41, 5.74) is 1.13. The molecule has 0 amide bonds. The molecular formula is C13H19NO4. The molecule has 18 heavy (non-hydrogen) atoms. The fraction of sp³-hybridized carbons (Fsp3) is 0.462. The second kappa shape index (κ2) is 6.98. The van der Waals surface area contributed by atoms with Gasteiger partial charge in [0.2, 0.25) is 0 Å². The summed E-state index contributed by atoms with van der Waals surface area (Å²) in [6.07, 6.45) is 0. The Kier molecular flexibility index (Phi) is 5.61. The van der Waals surface area contributed by atoms with E-state index in [1.807, 2.05) is 11.9 Å². The minimum absolute atomic E-state index is 0.0110. The number of likely N-dealkylation sites (N-methyl/N-ethyl adjacent to an activating group) is 1. The van der Waals surface area contributed by atoms with Crippen molar-refractivity contribution in [3.63, 3.8) is 0 Å². The van der Waals surface area contributed by atoms with Crippen molar-refractivity contribution in [1.82, 2.24) is 0 Å². The number of phenols is 1. The molecule has 0 saturated heterocycles. The fourth-order valence-corrected chi connectivity index (χ4v) is 1.55. The molecule has 5 heteroatoms. The summed E-state index contributed by atoms with van der Waals surface area (Å²) in [4.78, 5) is 13.1. The SMILES string of the molecule is CC(=O)c1ccc(N(C)CCOCCO)cc1O. The number of aliphatic hydroxyl groups is 1. The lowest BCUT2D eigenvalue weighted by Gasteiger charge is -2.19. The van der Waals surface area contributed by atoms with E-state index in [9.17, 15) is 9.90 Å². The van der Waals surface area contributed by atoms with Crippen molar-refractivity contribution in [3.05, 3.63) is 23.8 Å². The fourth-order valence-electron chi connectivity index (χ4n) is 1.55. The molecule has 0 heterocycles. The highest BCUT2D eigenvalue weighted by Gasteiger charge is 2.09. The van der Waals surface area contributed by atoms with Crippen molar-refractivity contribution in [2.45, 2.75) is 6.92 Å². The third-order valence-electron chi connectivity index (χ3n) is 2.61. The number of anilines is 1. The molecule has 0 radical (unpaired) electrons. The number of aliphatic hydroxyl groups excluding tert-OH is 1. The molecular weight excluding hydrogens is 234 g/mol. The summed E-state index contributed by atoms with van der Waals surface area (Å²) in [6, 6.07) is 4.95. The maximum absolute atomic E-state index is 11.2. The molecule has 0 aliphatic rings. The number of Topliss-reactive ketones (excluding diaryl/α,β-unsaturated/α-hetero) is 1. The lowest BCUT2D eigenvalue weighted by Crippen LogP contribution is -2.23. The second-order valence-electron chi connectivity index (χ2n) is 4.02. The van der Waals surface area contributed by atoms with Crippen LogP contribution in [0.4, 0.5) is 5.69 Å². The summed E-state index contributed by atoms with van der Waals surface area (Å²) in [6.45, 7) is 2.88. The van der Waals surface area contributed by atoms with Gasteiger partial charge in [0.1, 0.15) is 5.75 Å². The maximum atomic E-state index is 11.2. The number of phenolic OH excluding ortho intramolecular Hbond substituents is 1. The van der Waals surface area contributed by atoms with Crippen LogP contribution >= 0.6 is 0 Å². The van der Waals surface area contributed by atoms with Gasteiger partial charge in [-0.2, -0.15) is 0 Å². The molecule has 0 fully saturated rings. The van der Waals surface area contributed by atoms with Crippen molar-refractivity contribution < 1.29 is 19.7 Å². The van der Waals surface area contributed by atoms with Crippen LogP contribution in [0.25, 0.3) is 0 Å². The van der Waals surface area contributed by atoms with E-state index in [0.29, 0.717) is 25.3 Å². The number of ketones is 1. The average Bonchev–Trinajstić information content (AvgIpc) is 2.33. The molecule has 0 saturated carbocycles. The molecule has 0 aromatic heterocycles. The second-order valence-corrected chi connectivity index (χ2v) is 4.02. The largest absolute Gasteiger partial charge is 0.507 e.